The number of nitrogens with zero attached hydrogens (tertiary/aromatic N) is 5. The summed E-state index contributed by atoms with van der Waals surface area (Å²) in [5, 5.41) is 3.90. The van der Waals surface area contributed by atoms with Gasteiger partial charge in [-0.15, -0.1) is 0 Å². The number of rotatable bonds is 8. The standard InChI is InChI=1S/C29H39ClN6O3/c1-21-19-32-25(20-31-21)28(39)36-16-14-35(15-17-36)27(38)9-8-26(37)33-24-10-12-29(13-11-24,34(2)3)18-22-4-6-23(30)7-5-22/h4-7,19-20,24H,8-18H2,1-3H3,(H,33,37). The van der Waals surface area contributed by atoms with Gasteiger partial charge >= 0.3 is 0 Å². The van der Waals surface area contributed by atoms with Crippen LogP contribution in [0.3, 0.4) is 0 Å². The largest absolute Gasteiger partial charge is 0.353 e. The summed E-state index contributed by atoms with van der Waals surface area (Å²) in [6.07, 6.45) is 8.16. The van der Waals surface area contributed by atoms with Gasteiger partial charge in [-0.1, -0.05) is 23.7 Å². The molecule has 4 rings (SSSR count). The van der Waals surface area contributed by atoms with Crippen molar-refractivity contribution >= 4 is 29.3 Å². The second kappa shape index (κ2) is 12.9. The van der Waals surface area contributed by atoms with Gasteiger partial charge in [0.25, 0.3) is 5.91 Å². The Balaban J connectivity index is 1.18. The molecule has 0 atom stereocenters. The van der Waals surface area contributed by atoms with E-state index in [1.54, 1.807) is 16.0 Å². The molecule has 3 amide bonds. The molecule has 2 fully saturated rings. The molecule has 1 saturated carbocycles. The molecule has 1 saturated heterocycles. The van der Waals surface area contributed by atoms with Crippen molar-refractivity contribution < 1.29 is 14.4 Å². The van der Waals surface area contributed by atoms with Gasteiger partial charge in [0, 0.05) is 61.8 Å². The average molecular weight is 555 g/mol. The van der Waals surface area contributed by atoms with E-state index in [-0.39, 0.29) is 42.1 Å². The second-order valence-electron chi connectivity index (χ2n) is 11.0. The molecule has 210 valence electrons. The minimum atomic E-state index is -0.173. The van der Waals surface area contributed by atoms with E-state index in [1.807, 2.05) is 19.1 Å². The van der Waals surface area contributed by atoms with Gasteiger partial charge in [0.15, 0.2) is 0 Å². The molecule has 2 aromatic rings. The highest BCUT2D eigenvalue weighted by molar-refractivity contribution is 6.30. The highest BCUT2D eigenvalue weighted by Gasteiger charge is 2.37. The number of likely N-dealkylation sites (N-methyl/N-ethyl adjacent to an activating group) is 1. The molecule has 0 radical (unpaired) electrons. The Hall–Kier alpha value is -3.04. The number of nitrogens with one attached hydrogen (secondary N) is 1. The predicted octanol–water partition coefficient (Wildman–Crippen LogP) is 3.10. The first-order valence-corrected chi connectivity index (χ1v) is 14.1. The van der Waals surface area contributed by atoms with Gasteiger partial charge in [-0.3, -0.25) is 19.4 Å². The van der Waals surface area contributed by atoms with Gasteiger partial charge in [-0.25, -0.2) is 4.98 Å². The Morgan fingerprint density at radius 3 is 2.21 bits per heavy atom. The van der Waals surface area contributed by atoms with Crippen molar-refractivity contribution in [1.29, 1.82) is 0 Å². The fraction of sp³-hybridized carbons (Fsp3) is 0.552. The summed E-state index contributed by atoms with van der Waals surface area (Å²) in [7, 11) is 4.26. The third-order valence-corrected chi connectivity index (χ3v) is 8.41. The molecule has 1 aromatic heterocycles. The number of aryl methyl sites for hydroxylation is 1. The van der Waals surface area contributed by atoms with Crippen molar-refractivity contribution in [2.24, 2.45) is 0 Å². The molecule has 1 aliphatic heterocycles. The molecule has 1 aliphatic carbocycles. The summed E-state index contributed by atoms with van der Waals surface area (Å²) < 4.78 is 0. The number of aromatic nitrogens is 2. The lowest BCUT2D eigenvalue weighted by atomic mass is 9.75. The Morgan fingerprint density at radius 1 is 0.974 bits per heavy atom. The first kappa shape index (κ1) is 29.0. The number of carbonyl (C=O) groups excluding carboxylic acids is 3. The van der Waals surface area contributed by atoms with Crippen molar-refractivity contribution in [3.8, 4) is 0 Å². The summed E-state index contributed by atoms with van der Waals surface area (Å²) in [6.45, 7) is 3.61. The highest BCUT2D eigenvalue weighted by atomic mass is 35.5. The molecule has 9 nitrogen and oxygen atoms in total. The third-order valence-electron chi connectivity index (χ3n) is 8.16. The minimum Gasteiger partial charge on any atom is -0.353 e. The highest BCUT2D eigenvalue weighted by Crippen LogP contribution is 2.35. The van der Waals surface area contributed by atoms with E-state index in [0.29, 0.717) is 31.9 Å². The van der Waals surface area contributed by atoms with Crippen LogP contribution in [-0.2, 0) is 16.0 Å². The van der Waals surface area contributed by atoms with Crippen LogP contribution in [0.15, 0.2) is 36.7 Å². The van der Waals surface area contributed by atoms with Crippen molar-refractivity contribution in [2.45, 2.75) is 63.5 Å². The fourth-order valence-corrected chi connectivity index (χ4v) is 5.69. The first-order chi connectivity index (χ1) is 18.6. The molecule has 0 unspecified atom stereocenters. The molecule has 39 heavy (non-hydrogen) atoms. The Morgan fingerprint density at radius 2 is 1.62 bits per heavy atom. The maximum Gasteiger partial charge on any atom is 0.274 e. The van der Waals surface area contributed by atoms with E-state index in [2.05, 4.69) is 46.4 Å². The molecule has 0 spiro atoms. The Bertz CT molecular complexity index is 1140. The topological polar surface area (TPSA) is 98.7 Å². The normalized spacial score (nSPS) is 21.6. The van der Waals surface area contributed by atoms with Gasteiger partial charge in [0.2, 0.25) is 11.8 Å². The zero-order valence-corrected chi connectivity index (χ0v) is 23.9. The summed E-state index contributed by atoms with van der Waals surface area (Å²) >= 11 is 6.06. The molecule has 1 N–H and O–H groups in total. The van der Waals surface area contributed by atoms with E-state index in [4.69, 9.17) is 11.6 Å². The van der Waals surface area contributed by atoms with E-state index in [9.17, 15) is 14.4 Å². The minimum absolute atomic E-state index is 0.0504. The number of piperazine rings is 1. The second-order valence-corrected chi connectivity index (χ2v) is 11.4. The number of hydrogen-bond donors (Lipinski definition) is 1. The SMILES string of the molecule is Cc1cnc(C(=O)N2CCN(C(=O)CCC(=O)NC3CCC(Cc4ccc(Cl)cc4)(N(C)C)CC3)CC2)cn1. The number of benzene rings is 1. The van der Waals surface area contributed by atoms with Crippen molar-refractivity contribution in [3.05, 3.63) is 58.6 Å². The quantitative estimate of drug-likeness (QED) is 0.538. The monoisotopic (exact) mass is 554 g/mol. The maximum atomic E-state index is 12.7. The first-order valence-electron chi connectivity index (χ1n) is 13.7. The summed E-state index contributed by atoms with van der Waals surface area (Å²) in [4.78, 5) is 52.1. The van der Waals surface area contributed by atoms with E-state index in [0.717, 1.165) is 42.8 Å². The number of carbonyl (C=O) groups is 3. The van der Waals surface area contributed by atoms with Gasteiger partial charge in [0.05, 0.1) is 11.9 Å². The van der Waals surface area contributed by atoms with Crippen LogP contribution in [0.1, 0.15) is 60.3 Å². The summed E-state index contributed by atoms with van der Waals surface area (Å²) in [5.74, 6) is -0.298. The Labute approximate surface area is 235 Å². The van der Waals surface area contributed by atoms with Crippen molar-refractivity contribution in [1.82, 2.24) is 30.0 Å². The zero-order valence-electron chi connectivity index (χ0n) is 23.2. The van der Waals surface area contributed by atoms with E-state index >= 15 is 0 Å². The number of amides is 3. The summed E-state index contributed by atoms with van der Waals surface area (Å²) in [6, 6.07) is 8.19. The molecule has 2 heterocycles. The molecular weight excluding hydrogens is 516 g/mol. The number of halogens is 1. The Kier molecular flexibility index (Phi) is 9.56. The van der Waals surface area contributed by atoms with Gasteiger partial charge in [0.1, 0.15) is 5.69 Å². The molecule has 2 aliphatic rings. The fourth-order valence-electron chi connectivity index (χ4n) is 5.57. The van der Waals surface area contributed by atoms with Crippen molar-refractivity contribution in [3.63, 3.8) is 0 Å². The molecule has 0 bridgehead atoms. The van der Waals surface area contributed by atoms with E-state index < -0.39 is 0 Å². The van der Waals surface area contributed by atoms with Gasteiger partial charge < -0.3 is 20.0 Å². The van der Waals surface area contributed by atoms with Crippen LogP contribution in [0.5, 0.6) is 0 Å². The van der Waals surface area contributed by atoms with Crippen LogP contribution in [-0.4, -0.2) is 94.2 Å². The zero-order chi connectivity index (χ0) is 28.0. The lowest BCUT2D eigenvalue weighted by Crippen LogP contribution is -2.52. The van der Waals surface area contributed by atoms with E-state index in [1.165, 1.54) is 11.8 Å². The van der Waals surface area contributed by atoms with Crippen LogP contribution in [0.25, 0.3) is 0 Å². The van der Waals surface area contributed by atoms with Crippen LogP contribution < -0.4 is 5.32 Å². The summed E-state index contributed by atoms with van der Waals surface area (Å²) in [5.41, 5.74) is 2.39. The lowest BCUT2D eigenvalue weighted by molar-refractivity contribution is -0.135. The smallest absolute Gasteiger partial charge is 0.274 e. The van der Waals surface area contributed by atoms with Crippen LogP contribution in [0.2, 0.25) is 5.02 Å². The molecule has 1 aromatic carbocycles. The lowest BCUT2D eigenvalue weighted by Gasteiger charge is -2.45. The number of hydrogen-bond acceptors (Lipinski definition) is 6. The average Bonchev–Trinajstić information content (AvgIpc) is 2.94. The van der Waals surface area contributed by atoms with Gasteiger partial charge in [-0.05, 0) is 70.8 Å². The van der Waals surface area contributed by atoms with Crippen LogP contribution >= 0.6 is 11.6 Å². The molecule has 10 heteroatoms. The van der Waals surface area contributed by atoms with Crippen LogP contribution in [0.4, 0.5) is 0 Å². The predicted molar refractivity (Wildman–Crippen MR) is 150 cm³/mol. The van der Waals surface area contributed by atoms with Crippen LogP contribution in [0, 0.1) is 6.92 Å². The third kappa shape index (κ3) is 7.54. The van der Waals surface area contributed by atoms with Gasteiger partial charge in [-0.2, -0.15) is 0 Å². The van der Waals surface area contributed by atoms with Crippen molar-refractivity contribution in [2.75, 3.05) is 40.3 Å². The molecular formula is C29H39ClN6O3. The maximum absolute atomic E-state index is 12.7.